The van der Waals surface area contributed by atoms with Gasteiger partial charge in [-0.05, 0) is 77.3 Å². The van der Waals surface area contributed by atoms with Crippen LogP contribution in [-0.4, -0.2) is 198 Å². The van der Waals surface area contributed by atoms with Crippen LogP contribution in [-0.2, 0) is 76.3 Å². The fourth-order valence-corrected chi connectivity index (χ4v) is 7.79. The molecule has 0 bridgehead atoms. The summed E-state index contributed by atoms with van der Waals surface area (Å²) in [5.41, 5.74) is 3.52. The van der Waals surface area contributed by atoms with Crippen molar-refractivity contribution in [2.24, 2.45) is 0 Å². The molecule has 0 radical (unpaired) electrons. The number of ether oxygens (including phenoxy) is 14. The quantitative estimate of drug-likeness (QED) is 0.0308. The molecule has 29 heteroatoms. The minimum Gasteiger partial charge on any atom is -0.497 e. The fraction of sp³-hybridized carbons (Fsp3) is 0.429. The number of esters is 8. The summed E-state index contributed by atoms with van der Waals surface area (Å²) in [5.74, 6) is -2.07. The molecule has 0 aliphatic rings. The van der Waals surface area contributed by atoms with E-state index in [0.29, 0.717) is 61.7 Å². The first kappa shape index (κ1) is 73.2. The molecule has 0 saturated heterocycles. The van der Waals surface area contributed by atoms with Crippen molar-refractivity contribution in [2.75, 3.05) is 169 Å². The molecule has 0 aliphatic carbocycles. The number of methoxy groups -OCH3 is 10. The van der Waals surface area contributed by atoms with Crippen molar-refractivity contribution in [3.05, 3.63) is 82.3 Å². The first-order chi connectivity index (χ1) is 40.7. The Morgan fingerprint density at radius 1 is 0.329 bits per heavy atom. The Bertz CT molecular complexity index is 2770. The van der Waals surface area contributed by atoms with E-state index >= 15 is 0 Å². The largest absolute Gasteiger partial charge is 0.497 e. The van der Waals surface area contributed by atoms with Crippen LogP contribution in [0.2, 0.25) is 0 Å². The number of carbonyl (C=O) groups excluding carboxylic acids is 8. The molecule has 0 N–H and O–H groups in total. The molecule has 0 aromatic heterocycles. The van der Waals surface area contributed by atoms with E-state index in [2.05, 4.69) is 44.2 Å². The number of aryl methyl sites for hydroxylation is 2. The Hall–Kier alpha value is -7.92. The first-order valence-corrected chi connectivity index (χ1v) is 29.7. The van der Waals surface area contributed by atoms with Gasteiger partial charge in [-0.1, -0.05) is 12.1 Å². The van der Waals surface area contributed by atoms with Crippen molar-refractivity contribution in [1.82, 2.24) is 0 Å². The van der Waals surface area contributed by atoms with Crippen LogP contribution in [0, 0.1) is 13.8 Å². The highest BCUT2D eigenvalue weighted by Crippen LogP contribution is 2.39. The van der Waals surface area contributed by atoms with Crippen LogP contribution in [0.4, 0.5) is 22.7 Å². The molecule has 0 heterocycles. The molecule has 468 valence electrons. The summed E-state index contributed by atoms with van der Waals surface area (Å²) >= 11 is 8.93. The number of hydrogen-bond acceptors (Lipinski definition) is 26. The molecule has 85 heavy (non-hydrogen) atoms. The normalized spacial score (nSPS) is 10.1. The zero-order valence-corrected chi connectivity index (χ0v) is 54.0. The maximum atomic E-state index is 12.1. The number of halogens is 3. The Balaban J connectivity index is 0.000000564. The molecule has 0 spiro atoms. The summed E-state index contributed by atoms with van der Waals surface area (Å²) in [6, 6.07) is 18.8. The summed E-state index contributed by atoms with van der Waals surface area (Å²) in [6.07, 6.45) is 0. The molecule has 0 unspecified atom stereocenters. The molecular weight excluding hydrogens is 1320 g/mol. The van der Waals surface area contributed by atoms with Crippen LogP contribution in [0.5, 0.6) is 34.5 Å². The average molecular weight is 1390 g/mol. The van der Waals surface area contributed by atoms with Crippen LogP contribution in [0.3, 0.4) is 0 Å². The Morgan fingerprint density at radius 3 is 0.906 bits per heavy atom. The monoisotopic (exact) mass is 1390 g/mol. The first-order valence-electron chi connectivity index (χ1n) is 25.2. The van der Waals surface area contributed by atoms with Crippen molar-refractivity contribution in [3.63, 3.8) is 0 Å². The maximum Gasteiger partial charge on any atom is 0.325 e. The fourth-order valence-electron chi connectivity index (χ4n) is 7.31. The second-order valence-electron chi connectivity index (χ2n) is 17.2. The third kappa shape index (κ3) is 25.1. The summed E-state index contributed by atoms with van der Waals surface area (Å²) in [6.45, 7) is 2.15. The third-order valence-corrected chi connectivity index (χ3v) is 12.2. The summed E-state index contributed by atoms with van der Waals surface area (Å²) in [7, 11) is 13.0. The molecule has 0 aliphatic heterocycles. The van der Waals surface area contributed by atoms with Gasteiger partial charge in [0.15, 0.2) is 0 Å². The van der Waals surface area contributed by atoms with E-state index in [0.717, 1.165) is 11.1 Å². The number of carbonyl (C=O) groups is 8. The van der Waals surface area contributed by atoms with Crippen LogP contribution < -0.4 is 48.0 Å². The topological polar surface area (TPSA) is 279 Å². The molecule has 4 aromatic carbocycles. The van der Waals surface area contributed by atoms with Crippen molar-refractivity contribution in [2.45, 2.75) is 13.8 Å². The van der Waals surface area contributed by atoms with Gasteiger partial charge in [0.2, 0.25) is 0 Å². The highest BCUT2D eigenvalue weighted by molar-refractivity contribution is 9.93. The van der Waals surface area contributed by atoms with E-state index in [1.807, 2.05) is 26.0 Å². The van der Waals surface area contributed by atoms with E-state index in [4.69, 9.17) is 66.3 Å². The second kappa shape index (κ2) is 39.6. The lowest BCUT2D eigenvalue weighted by molar-refractivity contribution is -0.141. The third-order valence-electron chi connectivity index (χ3n) is 11.6. The standard InChI is InChI=1S/C28H35BrN2O11.C28H36N2O11.Br2/c1-18-7-8-20(30(14-25(32)37-3)15-26(33)38-4)23(11-18)41-9-10-42-24-12-19(29)22(36-2)13-21(24)31(16-27(34)39-5)17-28(35)40-6;1-19-7-9-21(29(15-25(31)36-3)16-26(32)37-4)24(13-19)41-12-11-40-23-10-8-20(35-2)14-22(23)30(17-27(33)38-5)18-28(34)39-6;1-2/h7-8,11-13H,9-10,14-17H2,1-6H3;7-10,13-14H,11-12,15-18H2,1-6H3;. The van der Waals surface area contributed by atoms with Gasteiger partial charge in [0.1, 0.15) is 113 Å². The van der Waals surface area contributed by atoms with Gasteiger partial charge in [-0.25, -0.2) is 0 Å². The highest BCUT2D eigenvalue weighted by Gasteiger charge is 2.26. The molecule has 0 atom stereocenters. The van der Waals surface area contributed by atoms with Crippen LogP contribution >= 0.6 is 44.2 Å². The van der Waals surface area contributed by atoms with Gasteiger partial charge in [-0.3, -0.25) is 38.4 Å². The van der Waals surface area contributed by atoms with Crippen LogP contribution in [0.15, 0.2) is 71.2 Å². The van der Waals surface area contributed by atoms with E-state index in [-0.39, 0.29) is 78.8 Å². The van der Waals surface area contributed by atoms with Gasteiger partial charge < -0.3 is 85.9 Å². The number of benzene rings is 4. The molecule has 4 aromatic rings. The maximum absolute atomic E-state index is 12.1. The van der Waals surface area contributed by atoms with E-state index in [1.54, 1.807) is 54.6 Å². The van der Waals surface area contributed by atoms with Gasteiger partial charge >= 0.3 is 47.8 Å². The summed E-state index contributed by atoms with van der Waals surface area (Å²) < 4.78 is 73.6. The summed E-state index contributed by atoms with van der Waals surface area (Å²) in [5, 5.41) is 0. The van der Waals surface area contributed by atoms with Gasteiger partial charge in [-0.2, -0.15) is 0 Å². The lowest BCUT2D eigenvalue weighted by Crippen LogP contribution is -2.36. The summed E-state index contributed by atoms with van der Waals surface area (Å²) in [4.78, 5) is 102. The van der Waals surface area contributed by atoms with E-state index < -0.39 is 47.8 Å². The molecule has 0 amide bonds. The van der Waals surface area contributed by atoms with Crippen LogP contribution in [0.25, 0.3) is 0 Å². The van der Waals surface area contributed by atoms with Crippen molar-refractivity contribution in [3.8, 4) is 34.5 Å². The lowest BCUT2D eigenvalue weighted by atomic mass is 10.2. The molecule has 0 fully saturated rings. The molecule has 0 saturated carbocycles. The van der Waals surface area contributed by atoms with Crippen LogP contribution in [0.1, 0.15) is 11.1 Å². The molecule has 26 nitrogen and oxygen atoms in total. The Morgan fingerprint density at radius 2 is 0.612 bits per heavy atom. The minimum absolute atomic E-state index is 0.0391. The minimum atomic E-state index is -0.578. The smallest absolute Gasteiger partial charge is 0.325 e. The number of rotatable bonds is 32. The van der Waals surface area contributed by atoms with Gasteiger partial charge in [-0.15, -0.1) is 0 Å². The van der Waals surface area contributed by atoms with Crippen molar-refractivity contribution < 1.29 is 105 Å². The SMILES string of the molecule is BrBr.COC(=O)CN(CC(=O)OC)c1ccc(C)cc1OCCOc1cc(Br)c(OC)cc1N(CC(=O)OC)CC(=O)OC.COC(=O)CN(CC(=O)OC)c1ccc(C)cc1OCCOc1ccc(OC)cc1N(CC(=O)OC)CC(=O)OC. The van der Waals surface area contributed by atoms with E-state index in [9.17, 15) is 38.4 Å². The number of hydrogen-bond donors (Lipinski definition) is 0. The van der Waals surface area contributed by atoms with Gasteiger partial charge in [0.05, 0.1) is 98.3 Å². The van der Waals surface area contributed by atoms with Gasteiger partial charge in [0.25, 0.3) is 0 Å². The predicted octanol–water partition coefficient (Wildman–Crippen LogP) is 5.99. The number of nitrogens with zero attached hydrogens (tertiary/aromatic N) is 4. The average Bonchev–Trinajstić information content (AvgIpc) is 3.64. The molecule has 4 rings (SSSR count). The lowest BCUT2D eigenvalue weighted by Gasteiger charge is -2.26. The second-order valence-corrected chi connectivity index (χ2v) is 18.0. The molecular formula is C56H71Br3N4O22. The Kier molecular flexibility index (Phi) is 34.1. The highest BCUT2D eigenvalue weighted by atomic mass is 80.9. The Labute approximate surface area is 516 Å². The van der Waals surface area contributed by atoms with Crippen molar-refractivity contribution in [1.29, 1.82) is 0 Å². The number of anilines is 4. The van der Waals surface area contributed by atoms with E-state index in [1.165, 1.54) is 90.7 Å². The van der Waals surface area contributed by atoms with Gasteiger partial charge in [0, 0.05) is 46.5 Å². The van der Waals surface area contributed by atoms with Crippen molar-refractivity contribution >= 4 is 115 Å². The zero-order valence-electron chi connectivity index (χ0n) is 49.2. The predicted molar refractivity (Wildman–Crippen MR) is 321 cm³/mol. The zero-order chi connectivity index (χ0) is 63.6.